The summed E-state index contributed by atoms with van der Waals surface area (Å²) in [4.78, 5) is 12.7. The molecule has 0 radical (unpaired) electrons. The molecule has 2 amide bonds. The molecule has 5 saturated carbocycles. The van der Waals surface area contributed by atoms with Crippen molar-refractivity contribution in [2.75, 3.05) is 0 Å². The number of carbonyl (C=O) groups excluding carboxylic acids is 1. The third-order valence-electron chi connectivity index (χ3n) is 7.18. The third-order valence-corrected chi connectivity index (χ3v) is 7.18. The molecule has 5 aliphatic rings. The predicted molar refractivity (Wildman–Crippen MR) is 93.3 cm³/mol. The standard InChI is InChI=1S/C20H34N2O/c1-17-9-18(2)11-19(3,10-17)14-20(12-17,13-18)22-16(23)21-15-7-5-4-6-8-15/h15H,4-14H2,1-3H3,(H2,21,22,23). The molecule has 0 atom stereocenters. The second-order valence-corrected chi connectivity index (χ2v) is 10.7. The van der Waals surface area contributed by atoms with E-state index in [2.05, 4.69) is 31.4 Å². The zero-order valence-corrected chi connectivity index (χ0v) is 15.3. The van der Waals surface area contributed by atoms with Crippen molar-refractivity contribution in [1.82, 2.24) is 10.6 Å². The second kappa shape index (κ2) is 4.89. The highest BCUT2D eigenvalue weighted by molar-refractivity contribution is 5.75. The Labute approximate surface area is 141 Å². The highest BCUT2D eigenvalue weighted by Crippen LogP contribution is 2.70. The average molecular weight is 319 g/mol. The van der Waals surface area contributed by atoms with Crippen LogP contribution in [0.1, 0.15) is 91.4 Å². The molecule has 0 unspecified atom stereocenters. The lowest BCUT2D eigenvalue weighted by Crippen LogP contribution is -2.68. The molecule has 3 nitrogen and oxygen atoms in total. The first-order valence-electron chi connectivity index (χ1n) is 9.80. The molecule has 0 aromatic heterocycles. The molecular weight excluding hydrogens is 284 g/mol. The molecule has 130 valence electrons. The second-order valence-electron chi connectivity index (χ2n) is 10.7. The Bertz CT molecular complexity index is 454. The Balaban J connectivity index is 1.48. The molecule has 4 bridgehead atoms. The van der Waals surface area contributed by atoms with E-state index in [-0.39, 0.29) is 11.6 Å². The molecule has 0 spiro atoms. The largest absolute Gasteiger partial charge is 0.335 e. The zero-order valence-electron chi connectivity index (χ0n) is 15.3. The minimum absolute atomic E-state index is 0.0474. The molecule has 0 aromatic carbocycles. The van der Waals surface area contributed by atoms with Gasteiger partial charge < -0.3 is 10.6 Å². The summed E-state index contributed by atoms with van der Waals surface area (Å²) < 4.78 is 0. The third kappa shape index (κ3) is 2.89. The highest BCUT2D eigenvalue weighted by atomic mass is 16.2. The van der Waals surface area contributed by atoms with Crippen LogP contribution in [0.2, 0.25) is 0 Å². The van der Waals surface area contributed by atoms with Crippen LogP contribution in [0.4, 0.5) is 4.79 Å². The highest BCUT2D eigenvalue weighted by Gasteiger charge is 2.64. The van der Waals surface area contributed by atoms with E-state index in [0.717, 1.165) is 12.8 Å². The monoisotopic (exact) mass is 318 g/mol. The quantitative estimate of drug-likeness (QED) is 0.757. The lowest BCUT2D eigenvalue weighted by atomic mass is 9.38. The van der Waals surface area contributed by atoms with E-state index >= 15 is 0 Å². The summed E-state index contributed by atoms with van der Waals surface area (Å²) in [6, 6.07) is 0.508. The Kier molecular flexibility index (Phi) is 3.36. The molecule has 5 rings (SSSR count). The number of urea groups is 1. The Morgan fingerprint density at radius 2 is 1.26 bits per heavy atom. The van der Waals surface area contributed by atoms with Crippen LogP contribution in [0.25, 0.3) is 0 Å². The van der Waals surface area contributed by atoms with Crippen LogP contribution < -0.4 is 10.6 Å². The molecule has 0 saturated heterocycles. The van der Waals surface area contributed by atoms with E-state index in [0.29, 0.717) is 22.3 Å². The first-order valence-corrected chi connectivity index (χ1v) is 9.80. The predicted octanol–water partition coefficient (Wildman–Crippen LogP) is 4.76. The molecule has 0 heterocycles. The maximum absolute atomic E-state index is 12.7. The molecule has 0 aliphatic heterocycles. The van der Waals surface area contributed by atoms with Crippen molar-refractivity contribution in [3.05, 3.63) is 0 Å². The van der Waals surface area contributed by atoms with Crippen LogP contribution in [0.3, 0.4) is 0 Å². The van der Waals surface area contributed by atoms with Gasteiger partial charge in [0, 0.05) is 11.6 Å². The van der Waals surface area contributed by atoms with Crippen molar-refractivity contribution < 1.29 is 4.79 Å². The maximum atomic E-state index is 12.7. The van der Waals surface area contributed by atoms with Crippen molar-refractivity contribution in [2.24, 2.45) is 16.2 Å². The smallest absolute Gasteiger partial charge is 0.315 e. The van der Waals surface area contributed by atoms with Crippen LogP contribution in [0, 0.1) is 16.2 Å². The molecule has 5 aliphatic carbocycles. The number of nitrogens with one attached hydrogen (secondary N) is 2. The first-order chi connectivity index (χ1) is 10.7. The van der Waals surface area contributed by atoms with E-state index < -0.39 is 0 Å². The van der Waals surface area contributed by atoms with Gasteiger partial charge in [0.15, 0.2) is 0 Å². The Hall–Kier alpha value is -0.730. The Morgan fingerprint density at radius 3 is 1.74 bits per heavy atom. The molecule has 2 N–H and O–H groups in total. The summed E-state index contributed by atoms with van der Waals surface area (Å²) in [6.07, 6.45) is 13.8. The summed E-state index contributed by atoms with van der Waals surface area (Å²) in [7, 11) is 0. The van der Waals surface area contributed by atoms with Gasteiger partial charge in [-0.05, 0) is 67.6 Å². The average Bonchev–Trinajstić information content (AvgIpc) is 2.32. The van der Waals surface area contributed by atoms with Gasteiger partial charge >= 0.3 is 6.03 Å². The van der Waals surface area contributed by atoms with Crippen molar-refractivity contribution >= 4 is 6.03 Å². The number of hydrogen-bond donors (Lipinski definition) is 2. The van der Waals surface area contributed by atoms with Gasteiger partial charge in [-0.15, -0.1) is 0 Å². The van der Waals surface area contributed by atoms with E-state index in [9.17, 15) is 4.79 Å². The minimum Gasteiger partial charge on any atom is -0.335 e. The van der Waals surface area contributed by atoms with E-state index in [1.54, 1.807) is 0 Å². The van der Waals surface area contributed by atoms with E-state index in [4.69, 9.17) is 0 Å². The molecule has 3 heteroatoms. The summed E-state index contributed by atoms with van der Waals surface area (Å²) in [5, 5.41) is 6.78. The van der Waals surface area contributed by atoms with Gasteiger partial charge in [0.2, 0.25) is 0 Å². The fourth-order valence-electron chi connectivity index (χ4n) is 8.13. The van der Waals surface area contributed by atoms with Crippen molar-refractivity contribution in [3.63, 3.8) is 0 Å². The van der Waals surface area contributed by atoms with Gasteiger partial charge in [-0.2, -0.15) is 0 Å². The van der Waals surface area contributed by atoms with Gasteiger partial charge in [0.1, 0.15) is 0 Å². The van der Waals surface area contributed by atoms with Gasteiger partial charge in [-0.25, -0.2) is 4.79 Å². The first kappa shape index (κ1) is 15.8. The van der Waals surface area contributed by atoms with Crippen LogP contribution >= 0.6 is 0 Å². The van der Waals surface area contributed by atoms with E-state index in [1.807, 2.05) is 0 Å². The molecule has 0 aromatic rings. The fraction of sp³-hybridized carbons (Fsp3) is 0.950. The van der Waals surface area contributed by atoms with Crippen molar-refractivity contribution in [1.29, 1.82) is 0 Å². The van der Waals surface area contributed by atoms with Gasteiger partial charge in [0.25, 0.3) is 0 Å². The lowest BCUT2D eigenvalue weighted by Gasteiger charge is -2.69. The van der Waals surface area contributed by atoms with Gasteiger partial charge in [-0.1, -0.05) is 40.0 Å². The van der Waals surface area contributed by atoms with Gasteiger partial charge in [-0.3, -0.25) is 0 Å². The topological polar surface area (TPSA) is 41.1 Å². The SMILES string of the molecule is CC12CC3(C)CC(C)(C1)CC(NC(=O)NC1CCCCC1)(C2)C3. The fourth-order valence-corrected chi connectivity index (χ4v) is 8.13. The number of amides is 2. The Morgan fingerprint density at radius 1 is 0.783 bits per heavy atom. The summed E-state index contributed by atoms with van der Waals surface area (Å²) in [6.45, 7) is 7.41. The van der Waals surface area contributed by atoms with Crippen LogP contribution in [0.15, 0.2) is 0 Å². The summed E-state index contributed by atoms with van der Waals surface area (Å²) in [5.41, 5.74) is 1.33. The normalized spacial score (nSPS) is 49.2. The van der Waals surface area contributed by atoms with Crippen molar-refractivity contribution in [3.8, 4) is 0 Å². The molecular formula is C20H34N2O. The number of rotatable bonds is 2. The van der Waals surface area contributed by atoms with Crippen molar-refractivity contribution in [2.45, 2.75) is 103 Å². The summed E-state index contributed by atoms with van der Waals surface area (Å²) >= 11 is 0. The summed E-state index contributed by atoms with van der Waals surface area (Å²) in [5.74, 6) is 0. The van der Waals surface area contributed by atoms with Gasteiger partial charge in [0.05, 0.1) is 0 Å². The van der Waals surface area contributed by atoms with Crippen LogP contribution in [0.5, 0.6) is 0 Å². The zero-order chi connectivity index (χ0) is 16.3. The molecule has 5 fully saturated rings. The number of carbonyl (C=O) groups is 1. The van der Waals surface area contributed by atoms with E-state index in [1.165, 1.54) is 57.8 Å². The molecule has 23 heavy (non-hydrogen) atoms. The van der Waals surface area contributed by atoms with Crippen LogP contribution in [-0.2, 0) is 0 Å². The lowest BCUT2D eigenvalue weighted by molar-refractivity contribution is -0.154. The van der Waals surface area contributed by atoms with Crippen LogP contribution in [-0.4, -0.2) is 17.6 Å². The number of hydrogen-bond acceptors (Lipinski definition) is 1. The minimum atomic E-state index is 0.0474. The maximum Gasteiger partial charge on any atom is 0.315 e.